The van der Waals surface area contributed by atoms with Crippen LogP contribution in [0, 0.1) is 23.7 Å². The molecule has 2 N–H and O–H groups in total. The first-order valence-electron chi connectivity index (χ1n) is 22.9. The van der Waals surface area contributed by atoms with Crippen LogP contribution in [-0.2, 0) is 49.2 Å². The zero-order valence-corrected chi connectivity index (χ0v) is 39.6. The van der Waals surface area contributed by atoms with Crippen molar-refractivity contribution in [2.24, 2.45) is 23.7 Å². The van der Waals surface area contributed by atoms with E-state index < -0.39 is 89.7 Å². The lowest BCUT2D eigenvalue weighted by atomic mass is 9.73. The Labute approximate surface area is 378 Å². The summed E-state index contributed by atoms with van der Waals surface area (Å²) in [6.07, 6.45) is 1.14. The number of carbonyl (C=O) groups excluding carboxylic acids is 4. The Balaban J connectivity index is 1.53. The summed E-state index contributed by atoms with van der Waals surface area (Å²) in [6.45, 7) is 15.2. The molecule has 5 heterocycles. The van der Waals surface area contributed by atoms with Gasteiger partial charge in [-0.3, -0.25) is 19.4 Å². The van der Waals surface area contributed by atoms with Crippen molar-refractivity contribution in [2.45, 2.75) is 160 Å². The minimum atomic E-state index is -1.43. The number of aromatic nitrogens is 3. The van der Waals surface area contributed by atoms with Gasteiger partial charge in [0.2, 0.25) is 5.95 Å². The van der Waals surface area contributed by atoms with Crippen molar-refractivity contribution in [1.82, 2.24) is 24.8 Å². The molecule has 1 amide bonds. The highest BCUT2D eigenvalue weighted by Crippen LogP contribution is 2.44. The van der Waals surface area contributed by atoms with E-state index >= 15 is 0 Å². The molecule has 3 aliphatic rings. The highest BCUT2D eigenvalue weighted by Gasteiger charge is 2.60. The summed E-state index contributed by atoms with van der Waals surface area (Å²) in [6, 6.07) is 6.07. The summed E-state index contributed by atoms with van der Waals surface area (Å²) in [4.78, 5) is 73.7. The summed E-state index contributed by atoms with van der Waals surface area (Å²) in [5.41, 5.74) is -2.02. The fourth-order valence-corrected chi connectivity index (χ4v) is 10.0. The second kappa shape index (κ2) is 22.3. The van der Waals surface area contributed by atoms with Gasteiger partial charge >= 0.3 is 18.0 Å². The van der Waals surface area contributed by atoms with Crippen molar-refractivity contribution in [3.63, 3.8) is 0 Å². The SMILES string of the molecule is CC[C@@H]1OC(=O)[C@H](C)[C@H](OC(=O)CCc2ccccn2)[C@@H](C)[C@@H](OC2O[C@H](C)C[C@H](N(C)C)[C@H]2O)[C@](C)(OC)C[C@@H](C)C(=O)[C@@H](C)[C@@H]2N(CCCCNc3ncccn3)C(=O)O[C@]12C. The van der Waals surface area contributed by atoms with E-state index in [1.54, 1.807) is 63.3 Å². The molecule has 0 radical (unpaired) electrons. The molecule has 0 aliphatic carbocycles. The van der Waals surface area contributed by atoms with Gasteiger partial charge in [-0.1, -0.05) is 33.8 Å². The van der Waals surface area contributed by atoms with Gasteiger partial charge in [0.15, 0.2) is 11.9 Å². The molecule has 2 aromatic rings. The van der Waals surface area contributed by atoms with Crippen molar-refractivity contribution in [3.05, 3.63) is 48.5 Å². The number of hydrogen-bond donors (Lipinski definition) is 2. The predicted octanol–water partition coefficient (Wildman–Crippen LogP) is 5.24. The second-order valence-electron chi connectivity index (χ2n) is 18.6. The van der Waals surface area contributed by atoms with E-state index in [1.165, 1.54) is 7.11 Å². The maximum atomic E-state index is 14.9. The molecule has 17 heteroatoms. The summed E-state index contributed by atoms with van der Waals surface area (Å²) in [5, 5.41) is 14.9. The van der Waals surface area contributed by atoms with Gasteiger partial charge in [-0.25, -0.2) is 14.8 Å². The van der Waals surface area contributed by atoms with E-state index in [9.17, 15) is 24.3 Å². The van der Waals surface area contributed by atoms with Crippen LogP contribution in [0.5, 0.6) is 0 Å². The number of rotatable bonds is 15. The molecular weight excluding hydrogens is 825 g/mol. The Bertz CT molecular complexity index is 1850. The van der Waals surface area contributed by atoms with Crippen molar-refractivity contribution in [1.29, 1.82) is 0 Å². The van der Waals surface area contributed by atoms with Gasteiger partial charge in [-0.15, -0.1) is 0 Å². The van der Waals surface area contributed by atoms with E-state index in [4.69, 9.17) is 28.4 Å². The smallest absolute Gasteiger partial charge is 0.410 e. The van der Waals surface area contributed by atoms with Gasteiger partial charge in [-0.05, 0) is 92.1 Å². The third-order valence-electron chi connectivity index (χ3n) is 13.6. The largest absolute Gasteiger partial charge is 0.461 e. The molecule has 64 heavy (non-hydrogen) atoms. The molecule has 0 spiro atoms. The van der Waals surface area contributed by atoms with E-state index in [0.717, 1.165) is 0 Å². The highest BCUT2D eigenvalue weighted by molar-refractivity contribution is 5.85. The van der Waals surface area contributed by atoms with Crippen LogP contribution in [-0.4, -0.2) is 148 Å². The minimum Gasteiger partial charge on any atom is -0.461 e. The number of cyclic esters (lactones) is 1. The van der Waals surface area contributed by atoms with Gasteiger partial charge in [-0.2, -0.15) is 0 Å². The van der Waals surface area contributed by atoms with Crippen LogP contribution in [0.4, 0.5) is 10.7 Å². The maximum Gasteiger partial charge on any atom is 0.410 e. The molecule has 0 aromatic carbocycles. The molecule has 1 unspecified atom stereocenters. The average Bonchev–Trinajstić information content (AvgIpc) is 3.54. The number of nitrogens with one attached hydrogen (secondary N) is 1. The number of amides is 1. The number of Topliss-reactive ketones (excluding diaryl/α,β-unsaturated/α-hetero) is 1. The number of methoxy groups -OCH3 is 1. The minimum absolute atomic E-state index is 0.0236. The monoisotopic (exact) mass is 897 g/mol. The first-order valence-corrected chi connectivity index (χ1v) is 22.9. The molecule has 5 rings (SSSR count). The van der Waals surface area contributed by atoms with Gasteiger partial charge in [0.05, 0.1) is 36.2 Å². The second-order valence-corrected chi connectivity index (χ2v) is 18.6. The zero-order valence-electron chi connectivity index (χ0n) is 39.6. The number of aliphatic hydroxyl groups excluding tert-OH is 1. The lowest BCUT2D eigenvalue weighted by Crippen LogP contribution is -2.61. The summed E-state index contributed by atoms with van der Waals surface area (Å²) >= 11 is 0. The first kappa shape index (κ1) is 50.7. The Kier molecular flexibility index (Phi) is 17.6. The van der Waals surface area contributed by atoms with Gasteiger partial charge in [0.1, 0.15) is 24.1 Å². The molecule has 17 nitrogen and oxygen atoms in total. The molecule has 14 atom stereocenters. The summed E-state index contributed by atoms with van der Waals surface area (Å²) < 4.78 is 38.5. The number of ether oxygens (including phenoxy) is 6. The number of anilines is 1. The number of carbonyl (C=O) groups is 4. The number of ketones is 1. The summed E-state index contributed by atoms with van der Waals surface area (Å²) in [5.74, 6) is -4.23. The fraction of sp³-hybridized carbons (Fsp3) is 0.723. The van der Waals surface area contributed by atoms with Crippen LogP contribution >= 0.6 is 0 Å². The van der Waals surface area contributed by atoms with Crippen LogP contribution in [0.3, 0.4) is 0 Å². The Morgan fingerprint density at radius 2 is 1.70 bits per heavy atom. The van der Waals surface area contributed by atoms with Crippen LogP contribution in [0.25, 0.3) is 0 Å². The molecule has 3 aliphatic heterocycles. The molecule has 2 aromatic heterocycles. The number of unbranched alkanes of at least 4 members (excludes halogenated alkanes) is 1. The van der Waals surface area contributed by atoms with E-state index in [-0.39, 0.29) is 43.7 Å². The van der Waals surface area contributed by atoms with Crippen molar-refractivity contribution in [2.75, 3.05) is 39.6 Å². The number of nitrogens with zero attached hydrogens (tertiary/aromatic N) is 5. The topological polar surface area (TPSA) is 201 Å². The van der Waals surface area contributed by atoms with Crippen LogP contribution < -0.4 is 5.32 Å². The number of aliphatic hydroxyl groups is 1. The fourth-order valence-electron chi connectivity index (χ4n) is 10.0. The molecule has 0 bridgehead atoms. The number of pyridine rings is 1. The lowest BCUT2D eigenvalue weighted by Gasteiger charge is -2.48. The zero-order chi connectivity index (χ0) is 46.9. The number of fused-ring (bicyclic) bond motifs is 1. The Morgan fingerprint density at radius 3 is 2.34 bits per heavy atom. The average molecular weight is 897 g/mol. The Morgan fingerprint density at radius 1 is 1.00 bits per heavy atom. The van der Waals surface area contributed by atoms with E-state index in [0.29, 0.717) is 43.9 Å². The van der Waals surface area contributed by atoms with Crippen molar-refractivity contribution < 1.29 is 52.7 Å². The number of esters is 2. The summed E-state index contributed by atoms with van der Waals surface area (Å²) in [7, 11) is 5.28. The van der Waals surface area contributed by atoms with Crippen molar-refractivity contribution in [3.8, 4) is 0 Å². The third kappa shape index (κ3) is 11.7. The standard InChI is InChI=1S/C47H72N6O11/c1-12-35-47(8)40(53(45(58)64-47)25-16-15-22-49-44-50-23-17-24-51-44)30(4)37(55)28(2)27-46(7,59-11)41(63-43-38(56)34(52(9)10)26-29(3)60-43)31(5)39(32(6)42(57)61-35)62-36(54)20-19-33-18-13-14-21-48-33/h13-14,17-18,21,23-24,28-32,34-35,38-41,43,56H,12,15-16,19-20,22,25-27H2,1-11H3,(H,49,50,51)/t28-,29-,30-,31-,32-,34+,35+,38-,39-,40+,41-,43?,46-,47-/m1/s1. The first-order chi connectivity index (χ1) is 30.3. The number of hydrogen-bond acceptors (Lipinski definition) is 16. The number of aryl methyl sites for hydroxylation is 1. The molecule has 3 saturated heterocycles. The predicted molar refractivity (Wildman–Crippen MR) is 237 cm³/mol. The lowest BCUT2D eigenvalue weighted by molar-refractivity contribution is -0.301. The van der Waals surface area contributed by atoms with E-state index in [1.807, 2.05) is 58.8 Å². The molecule has 356 valence electrons. The van der Waals surface area contributed by atoms with E-state index in [2.05, 4.69) is 20.3 Å². The van der Waals surface area contributed by atoms with Crippen LogP contribution in [0.1, 0.15) is 99.6 Å². The molecular formula is C47H72N6O11. The quantitative estimate of drug-likeness (QED) is 0.133. The van der Waals surface area contributed by atoms with Crippen molar-refractivity contribution >= 4 is 29.8 Å². The van der Waals surface area contributed by atoms with Gasteiger partial charge in [0, 0.05) is 74.7 Å². The third-order valence-corrected chi connectivity index (χ3v) is 13.6. The van der Waals surface area contributed by atoms with Crippen LogP contribution in [0.15, 0.2) is 42.9 Å². The van der Waals surface area contributed by atoms with Gasteiger partial charge in [0.25, 0.3) is 0 Å². The van der Waals surface area contributed by atoms with Crippen LogP contribution in [0.2, 0.25) is 0 Å². The normalized spacial score (nSPS) is 35.3. The maximum absolute atomic E-state index is 14.9. The molecule has 0 saturated carbocycles. The highest BCUT2D eigenvalue weighted by atomic mass is 16.7. The molecule has 3 fully saturated rings. The number of likely N-dealkylation sites (N-methyl/N-ethyl adjacent to an activating group) is 1. The van der Waals surface area contributed by atoms with Gasteiger partial charge < -0.3 is 48.6 Å². The Hall–Kier alpha value is -4.29.